The molecule has 1 atom stereocenters. The molecule has 232 valence electrons. The fourth-order valence-corrected chi connectivity index (χ4v) is 5.82. The number of halogens is 4. The van der Waals surface area contributed by atoms with Gasteiger partial charge < -0.3 is 10.2 Å². The lowest BCUT2D eigenvalue weighted by Gasteiger charge is -2.32. The molecule has 0 unspecified atom stereocenters. The van der Waals surface area contributed by atoms with E-state index in [1.165, 1.54) is 4.90 Å². The van der Waals surface area contributed by atoms with E-state index in [0.717, 1.165) is 47.2 Å². The van der Waals surface area contributed by atoms with Crippen LogP contribution in [-0.4, -0.2) is 50.5 Å². The van der Waals surface area contributed by atoms with E-state index in [4.69, 9.17) is 23.2 Å². The van der Waals surface area contributed by atoms with Gasteiger partial charge in [-0.05, 0) is 48.2 Å². The average molecular weight is 655 g/mol. The van der Waals surface area contributed by atoms with E-state index in [2.05, 4.69) is 5.32 Å². The summed E-state index contributed by atoms with van der Waals surface area (Å²) in [4.78, 5) is 28.8. The molecule has 0 saturated heterocycles. The molecule has 3 rings (SSSR count). The van der Waals surface area contributed by atoms with Crippen molar-refractivity contribution in [2.45, 2.75) is 51.6 Å². The van der Waals surface area contributed by atoms with Crippen molar-refractivity contribution < 1.29 is 26.8 Å². The lowest BCUT2D eigenvalue weighted by atomic mass is 10.0. The maximum atomic E-state index is 13.9. The van der Waals surface area contributed by atoms with E-state index in [1.54, 1.807) is 18.2 Å². The molecule has 0 heterocycles. The Kier molecular flexibility index (Phi) is 12.8. The van der Waals surface area contributed by atoms with Gasteiger partial charge in [-0.3, -0.25) is 13.9 Å². The molecule has 0 aliphatic rings. The number of carbonyl (C=O) groups is 2. The molecule has 0 aliphatic carbocycles. The van der Waals surface area contributed by atoms with Crippen LogP contribution in [0.1, 0.15) is 43.7 Å². The second-order valence-electron chi connectivity index (χ2n) is 10.2. The first kappa shape index (κ1) is 34.3. The quantitative estimate of drug-likeness (QED) is 0.193. The summed E-state index contributed by atoms with van der Waals surface area (Å²) in [6.07, 6.45) is 2.78. The Morgan fingerprint density at radius 3 is 2.26 bits per heavy atom. The molecule has 3 aromatic carbocycles. The molecule has 2 amide bonds. The molecular formula is C31H35Cl2F2N3O4S. The van der Waals surface area contributed by atoms with E-state index in [9.17, 15) is 26.8 Å². The van der Waals surface area contributed by atoms with E-state index in [1.807, 2.05) is 37.3 Å². The smallest absolute Gasteiger partial charge is 0.243 e. The number of benzene rings is 3. The molecule has 1 N–H and O–H groups in total. The van der Waals surface area contributed by atoms with Crippen LogP contribution in [0.25, 0.3) is 0 Å². The molecule has 0 aliphatic heterocycles. The Morgan fingerprint density at radius 1 is 0.907 bits per heavy atom. The van der Waals surface area contributed by atoms with Crippen LogP contribution >= 0.6 is 23.2 Å². The minimum atomic E-state index is -3.88. The zero-order valence-corrected chi connectivity index (χ0v) is 26.4. The number of hydrogen-bond donors (Lipinski definition) is 1. The SMILES string of the molecule is CCCCNC(=O)[C@@H](Cc1ccccc1)N(Cc1ccc(Cl)c(Cl)c1)C(=O)CCCN(c1ccc(F)c(F)c1)S(C)(=O)=O. The first-order valence-electron chi connectivity index (χ1n) is 13.9. The predicted molar refractivity (Wildman–Crippen MR) is 167 cm³/mol. The Balaban J connectivity index is 1.90. The summed E-state index contributed by atoms with van der Waals surface area (Å²) in [7, 11) is -3.88. The maximum absolute atomic E-state index is 13.9. The van der Waals surface area contributed by atoms with Crippen LogP contribution < -0.4 is 9.62 Å². The van der Waals surface area contributed by atoms with E-state index < -0.39 is 33.6 Å². The average Bonchev–Trinajstić information content (AvgIpc) is 2.96. The summed E-state index contributed by atoms with van der Waals surface area (Å²) in [5.41, 5.74) is 1.45. The van der Waals surface area contributed by atoms with Crippen LogP contribution in [0, 0.1) is 11.6 Å². The summed E-state index contributed by atoms with van der Waals surface area (Å²) < 4.78 is 53.3. The molecule has 43 heavy (non-hydrogen) atoms. The molecular weight excluding hydrogens is 619 g/mol. The van der Waals surface area contributed by atoms with Gasteiger partial charge in [0.25, 0.3) is 0 Å². The van der Waals surface area contributed by atoms with Crippen LogP contribution in [0.5, 0.6) is 0 Å². The van der Waals surface area contributed by atoms with Crippen LogP contribution in [0.2, 0.25) is 10.0 Å². The molecule has 0 aromatic heterocycles. The van der Waals surface area contributed by atoms with Gasteiger partial charge >= 0.3 is 0 Å². The highest BCUT2D eigenvalue weighted by Gasteiger charge is 2.30. The number of unbranched alkanes of at least 4 members (excludes halogenated alkanes) is 1. The van der Waals surface area contributed by atoms with Gasteiger partial charge in [-0.1, -0.05) is 72.9 Å². The number of carbonyl (C=O) groups excluding carboxylic acids is 2. The molecule has 0 spiro atoms. The van der Waals surface area contributed by atoms with Gasteiger partial charge in [-0.2, -0.15) is 0 Å². The van der Waals surface area contributed by atoms with Gasteiger partial charge in [-0.25, -0.2) is 17.2 Å². The van der Waals surface area contributed by atoms with E-state index in [-0.39, 0.29) is 43.9 Å². The monoisotopic (exact) mass is 653 g/mol. The molecule has 7 nitrogen and oxygen atoms in total. The summed E-state index contributed by atoms with van der Waals surface area (Å²) in [5.74, 6) is -3.00. The highest BCUT2D eigenvalue weighted by atomic mass is 35.5. The first-order chi connectivity index (χ1) is 20.4. The Morgan fingerprint density at radius 2 is 1.63 bits per heavy atom. The number of amides is 2. The first-order valence-corrected chi connectivity index (χ1v) is 16.5. The minimum Gasteiger partial charge on any atom is -0.354 e. The molecule has 3 aromatic rings. The Labute approximate surface area is 261 Å². The van der Waals surface area contributed by atoms with Crippen molar-refractivity contribution in [3.63, 3.8) is 0 Å². The zero-order valence-electron chi connectivity index (χ0n) is 24.0. The van der Waals surface area contributed by atoms with Crippen LogP contribution in [0.4, 0.5) is 14.5 Å². The van der Waals surface area contributed by atoms with E-state index in [0.29, 0.717) is 22.2 Å². The number of rotatable bonds is 15. The van der Waals surface area contributed by atoms with Crippen molar-refractivity contribution in [1.82, 2.24) is 10.2 Å². The highest BCUT2D eigenvalue weighted by Crippen LogP contribution is 2.25. The van der Waals surface area contributed by atoms with Crippen LogP contribution in [0.3, 0.4) is 0 Å². The standard InChI is InChI=1S/C31H35Cl2F2N3O4S/c1-3-4-16-36-31(40)29(19-22-9-6-5-7-10-22)37(21-23-12-14-25(32)26(33)18-23)30(39)11-8-17-38(43(2,41)42)24-13-15-27(34)28(35)20-24/h5-7,9-10,12-15,18,20,29H,3-4,8,11,16-17,19,21H2,1-2H3,(H,36,40)/t29-/m1/s1. The predicted octanol–water partition coefficient (Wildman–Crippen LogP) is 6.37. The molecule has 0 bridgehead atoms. The summed E-state index contributed by atoms with van der Waals surface area (Å²) in [5, 5.41) is 3.58. The second kappa shape index (κ2) is 16.0. The molecule has 0 fully saturated rings. The van der Waals surface area contributed by atoms with Crippen molar-refractivity contribution in [3.8, 4) is 0 Å². The van der Waals surface area contributed by atoms with Gasteiger partial charge in [0, 0.05) is 38.5 Å². The van der Waals surface area contributed by atoms with Crippen LogP contribution in [-0.2, 0) is 32.6 Å². The normalized spacial score (nSPS) is 12.0. The van der Waals surface area contributed by atoms with E-state index >= 15 is 0 Å². The summed E-state index contributed by atoms with van der Waals surface area (Å²) in [6, 6.07) is 16.2. The van der Waals surface area contributed by atoms with Gasteiger partial charge in [0.15, 0.2) is 11.6 Å². The van der Waals surface area contributed by atoms with Gasteiger partial charge in [0.2, 0.25) is 21.8 Å². The van der Waals surface area contributed by atoms with Gasteiger partial charge in [0.05, 0.1) is 22.0 Å². The third kappa shape index (κ3) is 10.2. The number of hydrogen-bond acceptors (Lipinski definition) is 4. The van der Waals surface area contributed by atoms with Gasteiger partial charge in [-0.15, -0.1) is 0 Å². The Bertz CT molecular complexity index is 1510. The fraction of sp³-hybridized carbons (Fsp3) is 0.355. The van der Waals surface area contributed by atoms with Crippen molar-refractivity contribution >= 4 is 50.7 Å². The third-order valence-electron chi connectivity index (χ3n) is 6.78. The zero-order chi connectivity index (χ0) is 31.6. The maximum Gasteiger partial charge on any atom is 0.243 e. The van der Waals surface area contributed by atoms with Crippen molar-refractivity contribution in [2.75, 3.05) is 23.7 Å². The number of nitrogens with zero attached hydrogens (tertiary/aromatic N) is 2. The second-order valence-corrected chi connectivity index (χ2v) is 12.9. The molecule has 0 radical (unpaired) electrons. The van der Waals surface area contributed by atoms with Crippen molar-refractivity contribution in [1.29, 1.82) is 0 Å². The molecule has 0 saturated carbocycles. The largest absolute Gasteiger partial charge is 0.354 e. The lowest BCUT2D eigenvalue weighted by molar-refractivity contribution is -0.141. The molecule has 12 heteroatoms. The minimum absolute atomic E-state index is 0.0490. The summed E-state index contributed by atoms with van der Waals surface area (Å²) in [6.45, 7) is 2.34. The lowest BCUT2D eigenvalue weighted by Crippen LogP contribution is -2.50. The van der Waals surface area contributed by atoms with Crippen LogP contribution in [0.15, 0.2) is 66.7 Å². The van der Waals surface area contributed by atoms with Gasteiger partial charge in [0.1, 0.15) is 6.04 Å². The van der Waals surface area contributed by atoms with Crippen molar-refractivity contribution in [2.24, 2.45) is 0 Å². The number of anilines is 1. The summed E-state index contributed by atoms with van der Waals surface area (Å²) >= 11 is 12.3. The number of nitrogens with one attached hydrogen (secondary N) is 1. The fourth-order valence-electron chi connectivity index (χ4n) is 4.54. The highest BCUT2D eigenvalue weighted by molar-refractivity contribution is 7.92. The van der Waals surface area contributed by atoms with Crippen molar-refractivity contribution in [3.05, 3.63) is 99.5 Å². The topological polar surface area (TPSA) is 86.8 Å². The number of sulfonamides is 1. The Hall–Kier alpha value is -3.21. The third-order valence-corrected chi connectivity index (χ3v) is 8.71.